The first-order valence-electron chi connectivity index (χ1n) is 12.1. The van der Waals surface area contributed by atoms with Crippen LogP contribution >= 0.6 is 0 Å². The predicted molar refractivity (Wildman–Crippen MR) is 125 cm³/mol. The zero-order chi connectivity index (χ0) is 25.0. The van der Waals surface area contributed by atoms with Gasteiger partial charge in [-0.1, -0.05) is 56.5 Å². The fraction of sp³-hybridized carbons (Fsp3) is 0.429. The maximum absolute atomic E-state index is 15.2. The minimum absolute atomic E-state index is 0.221. The molecule has 0 radical (unpaired) electrons. The number of aryl methyl sites for hydroxylation is 2. The molecule has 0 N–H and O–H groups in total. The van der Waals surface area contributed by atoms with E-state index in [1.54, 1.807) is 24.3 Å². The molecule has 3 aromatic carbocycles. The average Bonchev–Trinajstić information content (AvgIpc) is 2.83. The van der Waals surface area contributed by atoms with Gasteiger partial charge in [0.25, 0.3) is 0 Å². The van der Waals surface area contributed by atoms with Crippen molar-refractivity contribution >= 4 is 10.8 Å². The number of unbranched alkanes of at least 4 members (excludes halogenated alkanes) is 2. The van der Waals surface area contributed by atoms with Crippen molar-refractivity contribution in [2.45, 2.75) is 57.9 Å². The highest BCUT2D eigenvalue weighted by Gasteiger charge is 2.33. The van der Waals surface area contributed by atoms with Crippen LogP contribution in [-0.2, 0) is 28.5 Å². The second-order valence-electron chi connectivity index (χ2n) is 9.19. The molecule has 0 amide bonds. The molecule has 1 fully saturated rings. The number of ether oxygens (including phenoxy) is 2. The molecule has 1 heterocycles. The van der Waals surface area contributed by atoms with Crippen molar-refractivity contribution in [2.24, 2.45) is 5.92 Å². The lowest BCUT2D eigenvalue weighted by Crippen LogP contribution is -2.27. The van der Waals surface area contributed by atoms with E-state index in [1.807, 2.05) is 6.07 Å². The van der Waals surface area contributed by atoms with Crippen LogP contribution in [0.15, 0.2) is 48.5 Å². The molecule has 3 aromatic rings. The Morgan fingerprint density at radius 2 is 1.66 bits per heavy atom. The third kappa shape index (κ3) is 6.19. The maximum Gasteiger partial charge on any atom is 0.419 e. The summed E-state index contributed by atoms with van der Waals surface area (Å²) in [5, 5.41) is 1.15. The van der Waals surface area contributed by atoms with Crippen LogP contribution < -0.4 is 0 Å². The van der Waals surface area contributed by atoms with E-state index in [1.165, 1.54) is 25.3 Å². The molecular weight excluding hydrogens is 463 g/mol. The third-order valence-corrected chi connectivity index (χ3v) is 6.53. The van der Waals surface area contributed by atoms with Crippen LogP contribution in [0, 0.1) is 17.6 Å². The standard InChI is InChI=1S/C28H29F5O2/c1-2-3-4-5-19-16-34-27(35-17-19)22-11-12-23-21(15-22)10-9-20(26(23)30)8-6-18-7-13-24(25(29)14-18)28(31,32)33/h7,9-15,19,27H,2-6,8,16-17H2,1H3. The molecule has 0 aliphatic carbocycles. The van der Waals surface area contributed by atoms with Gasteiger partial charge in [-0.3, -0.25) is 0 Å². The van der Waals surface area contributed by atoms with Crippen molar-refractivity contribution in [3.63, 3.8) is 0 Å². The van der Waals surface area contributed by atoms with Crippen molar-refractivity contribution in [1.82, 2.24) is 0 Å². The van der Waals surface area contributed by atoms with E-state index in [2.05, 4.69) is 6.92 Å². The van der Waals surface area contributed by atoms with E-state index in [9.17, 15) is 17.6 Å². The number of hydrogen-bond acceptors (Lipinski definition) is 2. The summed E-state index contributed by atoms with van der Waals surface area (Å²) >= 11 is 0. The van der Waals surface area contributed by atoms with Crippen molar-refractivity contribution in [3.8, 4) is 0 Å². The molecule has 0 atom stereocenters. The van der Waals surface area contributed by atoms with Crippen molar-refractivity contribution < 1.29 is 31.4 Å². The van der Waals surface area contributed by atoms with Gasteiger partial charge in [-0.25, -0.2) is 8.78 Å². The number of benzene rings is 3. The van der Waals surface area contributed by atoms with E-state index in [0.717, 1.165) is 24.1 Å². The zero-order valence-corrected chi connectivity index (χ0v) is 19.6. The Kier molecular flexibility index (Phi) is 8.07. The van der Waals surface area contributed by atoms with Gasteiger partial charge in [0.15, 0.2) is 6.29 Å². The summed E-state index contributed by atoms with van der Waals surface area (Å²) in [6.07, 6.45) is -0.106. The lowest BCUT2D eigenvalue weighted by Gasteiger charge is -2.29. The first kappa shape index (κ1) is 25.6. The highest BCUT2D eigenvalue weighted by atomic mass is 19.4. The summed E-state index contributed by atoms with van der Waals surface area (Å²) in [5.74, 6) is -1.31. The van der Waals surface area contributed by atoms with E-state index < -0.39 is 23.8 Å². The van der Waals surface area contributed by atoms with Gasteiger partial charge < -0.3 is 9.47 Å². The summed E-state index contributed by atoms with van der Waals surface area (Å²) in [6.45, 7) is 3.46. The highest BCUT2D eigenvalue weighted by Crippen LogP contribution is 2.33. The number of rotatable bonds is 8. The molecule has 0 bridgehead atoms. The van der Waals surface area contributed by atoms with Gasteiger partial charge in [-0.15, -0.1) is 0 Å². The van der Waals surface area contributed by atoms with Gasteiger partial charge in [0.05, 0.1) is 18.8 Å². The summed E-state index contributed by atoms with van der Waals surface area (Å²) in [5.41, 5.74) is 0.333. The largest absolute Gasteiger partial charge is 0.419 e. The molecule has 2 nitrogen and oxygen atoms in total. The molecule has 4 rings (SSSR count). The van der Waals surface area contributed by atoms with Crippen LogP contribution in [0.25, 0.3) is 10.8 Å². The molecule has 0 aromatic heterocycles. The molecule has 0 saturated carbocycles. The molecule has 35 heavy (non-hydrogen) atoms. The lowest BCUT2D eigenvalue weighted by atomic mass is 9.98. The minimum atomic E-state index is -4.74. The molecule has 0 unspecified atom stereocenters. The van der Waals surface area contributed by atoms with Crippen molar-refractivity contribution in [3.05, 3.63) is 82.4 Å². The number of halogens is 5. The van der Waals surface area contributed by atoms with Crippen LogP contribution in [0.3, 0.4) is 0 Å². The predicted octanol–water partition coefficient (Wildman–Crippen LogP) is 8.16. The topological polar surface area (TPSA) is 18.5 Å². The fourth-order valence-electron chi connectivity index (χ4n) is 4.50. The van der Waals surface area contributed by atoms with E-state index in [4.69, 9.17) is 9.47 Å². The first-order valence-corrected chi connectivity index (χ1v) is 12.1. The van der Waals surface area contributed by atoms with Crippen LogP contribution in [0.5, 0.6) is 0 Å². The Labute approximate surface area is 202 Å². The second-order valence-corrected chi connectivity index (χ2v) is 9.19. The Bertz CT molecular complexity index is 1150. The number of hydrogen-bond donors (Lipinski definition) is 0. The van der Waals surface area contributed by atoms with Gasteiger partial charge in [0, 0.05) is 16.9 Å². The fourth-order valence-corrected chi connectivity index (χ4v) is 4.50. The highest BCUT2D eigenvalue weighted by molar-refractivity contribution is 5.84. The summed E-state index contributed by atoms with van der Waals surface area (Å²) in [7, 11) is 0. The molecule has 1 aliphatic heterocycles. The Morgan fingerprint density at radius 1 is 0.886 bits per heavy atom. The van der Waals surface area contributed by atoms with Crippen LogP contribution in [0.4, 0.5) is 22.0 Å². The Balaban J connectivity index is 1.41. The monoisotopic (exact) mass is 492 g/mol. The minimum Gasteiger partial charge on any atom is -0.348 e. The van der Waals surface area contributed by atoms with Crippen LogP contribution in [0.1, 0.15) is 61.2 Å². The Morgan fingerprint density at radius 3 is 2.34 bits per heavy atom. The summed E-state index contributed by atoms with van der Waals surface area (Å²) in [4.78, 5) is 0. The SMILES string of the molecule is CCCCCC1COC(c2ccc3c(F)c(CCc4ccc(C(F)(F)F)c(F)c4)ccc3c2)OC1. The number of alkyl halides is 3. The smallest absolute Gasteiger partial charge is 0.348 e. The van der Waals surface area contributed by atoms with Crippen molar-refractivity contribution in [1.29, 1.82) is 0 Å². The first-order chi connectivity index (χ1) is 16.8. The summed E-state index contributed by atoms with van der Waals surface area (Å²) in [6, 6.07) is 11.6. The van der Waals surface area contributed by atoms with Gasteiger partial charge in [0.2, 0.25) is 0 Å². The lowest BCUT2D eigenvalue weighted by molar-refractivity contribution is -0.206. The number of fused-ring (bicyclic) bond motifs is 1. The van der Waals surface area contributed by atoms with Gasteiger partial charge in [0.1, 0.15) is 11.6 Å². The molecule has 0 spiro atoms. The van der Waals surface area contributed by atoms with Gasteiger partial charge >= 0.3 is 6.18 Å². The average molecular weight is 493 g/mol. The molecule has 1 saturated heterocycles. The third-order valence-electron chi connectivity index (χ3n) is 6.53. The van der Waals surface area contributed by atoms with E-state index >= 15 is 4.39 Å². The van der Waals surface area contributed by atoms with Crippen molar-refractivity contribution in [2.75, 3.05) is 13.2 Å². The van der Waals surface area contributed by atoms with Crippen LogP contribution in [-0.4, -0.2) is 13.2 Å². The van der Waals surface area contributed by atoms with Gasteiger partial charge in [-0.2, -0.15) is 13.2 Å². The molecular formula is C28H29F5O2. The van der Waals surface area contributed by atoms with E-state index in [0.29, 0.717) is 41.0 Å². The molecule has 1 aliphatic rings. The van der Waals surface area contributed by atoms with Gasteiger partial charge in [-0.05, 0) is 54.0 Å². The molecule has 188 valence electrons. The Hall–Kier alpha value is -2.51. The molecule has 7 heteroatoms. The van der Waals surface area contributed by atoms with Crippen LogP contribution in [0.2, 0.25) is 0 Å². The quantitative estimate of drug-likeness (QED) is 0.233. The maximum atomic E-state index is 15.2. The normalized spacial score (nSPS) is 18.8. The second kappa shape index (κ2) is 11.0. The summed E-state index contributed by atoms with van der Waals surface area (Å²) < 4.78 is 79.1. The zero-order valence-electron chi connectivity index (χ0n) is 19.6. The van der Waals surface area contributed by atoms with E-state index in [-0.39, 0.29) is 18.7 Å².